The zero-order valence-electron chi connectivity index (χ0n) is 10.3. The quantitative estimate of drug-likeness (QED) is 0.806. The van der Waals surface area contributed by atoms with Crippen molar-refractivity contribution in [3.05, 3.63) is 23.8 Å². The third-order valence-corrected chi connectivity index (χ3v) is 3.68. The minimum atomic E-state index is -0.0228. The number of anilines is 1. The number of aryl methyl sites for hydroxylation is 1. The molecule has 16 heavy (non-hydrogen) atoms. The largest absolute Gasteiger partial charge is 0.326 e. The lowest BCUT2D eigenvalue weighted by Gasteiger charge is -2.11. The molecule has 0 heterocycles. The van der Waals surface area contributed by atoms with Gasteiger partial charge in [0.1, 0.15) is 0 Å². The number of amides is 1. The Morgan fingerprint density at radius 1 is 1.50 bits per heavy atom. The number of hydrogen-bond donors (Lipinski definition) is 1. The van der Waals surface area contributed by atoms with Gasteiger partial charge >= 0.3 is 0 Å². The van der Waals surface area contributed by atoms with Crippen LogP contribution < -0.4 is 5.32 Å². The fraction of sp³-hybridized carbons (Fsp3) is 0.462. The molecule has 1 rings (SSSR count). The number of carbonyl (C=O) groups is 1. The molecule has 0 bridgehead atoms. The Morgan fingerprint density at radius 3 is 2.69 bits per heavy atom. The van der Waals surface area contributed by atoms with Gasteiger partial charge in [-0.05, 0) is 37.1 Å². The van der Waals surface area contributed by atoms with Crippen LogP contribution >= 0.6 is 11.8 Å². The molecular weight excluding hydrogens is 218 g/mol. The fourth-order valence-corrected chi connectivity index (χ4v) is 2.38. The molecule has 0 saturated heterocycles. The molecule has 0 aliphatic rings. The van der Waals surface area contributed by atoms with Crippen molar-refractivity contribution in [2.45, 2.75) is 44.3 Å². The Labute approximate surface area is 102 Å². The lowest BCUT2D eigenvalue weighted by molar-refractivity contribution is -0.114. The van der Waals surface area contributed by atoms with Gasteiger partial charge in [0.25, 0.3) is 0 Å². The highest BCUT2D eigenvalue weighted by Crippen LogP contribution is 2.28. The summed E-state index contributed by atoms with van der Waals surface area (Å²) >= 11 is 1.87. The minimum absolute atomic E-state index is 0.0228. The van der Waals surface area contributed by atoms with E-state index in [9.17, 15) is 4.79 Å². The SMILES string of the molecule is CCC(C)Sc1ccc(NC(C)=O)c(C)c1. The van der Waals surface area contributed by atoms with Gasteiger partial charge in [-0.2, -0.15) is 0 Å². The summed E-state index contributed by atoms with van der Waals surface area (Å²) < 4.78 is 0. The van der Waals surface area contributed by atoms with Gasteiger partial charge in [0.15, 0.2) is 0 Å². The summed E-state index contributed by atoms with van der Waals surface area (Å²) in [6, 6.07) is 6.17. The second-order valence-corrected chi connectivity index (χ2v) is 5.51. The first kappa shape index (κ1) is 13.1. The Kier molecular flexibility index (Phi) is 4.87. The first-order valence-electron chi connectivity index (χ1n) is 5.57. The summed E-state index contributed by atoms with van der Waals surface area (Å²) in [6.45, 7) is 7.96. The summed E-state index contributed by atoms with van der Waals surface area (Å²) in [5, 5.41) is 3.45. The molecular formula is C13H19NOS. The van der Waals surface area contributed by atoms with Crippen LogP contribution in [0.1, 0.15) is 32.8 Å². The Morgan fingerprint density at radius 2 is 2.19 bits per heavy atom. The van der Waals surface area contributed by atoms with Crippen molar-refractivity contribution in [2.75, 3.05) is 5.32 Å². The first-order chi connectivity index (χ1) is 7.52. The summed E-state index contributed by atoms with van der Waals surface area (Å²) in [5.74, 6) is -0.0228. The van der Waals surface area contributed by atoms with Crippen LogP contribution in [0.15, 0.2) is 23.1 Å². The number of nitrogens with one attached hydrogen (secondary N) is 1. The Bertz CT molecular complexity index is 376. The normalized spacial score (nSPS) is 12.2. The maximum absolute atomic E-state index is 11.0. The van der Waals surface area contributed by atoms with Crippen molar-refractivity contribution in [3.8, 4) is 0 Å². The smallest absolute Gasteiger partial charge is 0.221 e. The van der Waals surface area contributed by atoms with E-state index < -0.39 is 0 Å². The van der Waals surface area contributed by atoms with Gasteiger partial charge in [0.2, 0.25) is 5.91 Å². The molecule has 1 unspecified atom stereocenters. The van der Waals surface area contributed by atoms with E-state index in [0.717, 1.165) is 17.7 Å². The number of rotatable bonds is 4. The maximum atomic E-state index is 11.0. The summed E-state index contributed by atoms with van der Waals surface area (Å²) in [4.78, 5) is 12.2. The highest BCUT2D eigenvalue weighted by Gasteiger charge is 2.05. The van der Waals surface area contributed by atoms with E-state index in [0.29, 0.717) is 5.25 Å². The molecule has 0 saturated carbocycles. The molecule has 1 atom stereocenters. The molecule has 1 aromatic rings. The van der Waals surface area contributed by atoms with Gasteiger partial charge in [-0.1, -0.05) is 13.8 Å². The average Bonchev–Trinajstić information content (AvgIpc) is 2.21. The number of thioether (sulfide) groups is 1. The van der Waals surface area contributed by atoms with Crippen LogP contribution in [0, 0.1) is 6.92 Å². The molecule has 0 aliphatic heterocycles. The van der Waals surface area contributed by atoms with Crippen molar-refractivity contribution < 1.29 is 4.79 Å². The molecule has 0 fully saturated rings. The van der Waals surface area contributed by atoms with Crippen LogP contribution in [0.3, 0.4) is 0 Å². The van der Waals surface area contributed by atoms with E-state index >= 15 is 0 Å². The molecule has 0 spiro atoms. The standard InChI is InChI=1S/C13H19NOS/c1-5-10(3)16-12-6-7-13(9(2)8-12)14-11(4)15/h6-8,10H,5H2,1-4H3,(H,14,15). The van der Waals surface area contributed by atoms with E-state index in [-0.39, 0.29) is 5.91 Å². The van der Waals surface area contributed by atoms with Gasteiger partial charge in [-0.25, -0.2) is 0 Å². The van der Waals surface area contributed by atoms with E-state index in [4.69, 9.17) is 0 Å². The molecule has 0 radical (unpaired) electrons. The van der Waals surface area contributed by atoms with Crippen LogP contribution in [0.25, 0.3) is 0 Å². The second kappa shape index (κ2) is 5.94. The molecule has 1 aromatic carbocycles. The van der Waals surface area contributed by atoms with Gasteiger partial charge in [-0.3, -0.25) is 4.79 Å². The van der Waals surface area contributed by atoms with Crippen LogP contribution in [0.2, 0.25) is 0 Å². The Balaban J connectivity index is 2.78. The molecule has 0 aliphatic carbocycles. The Hall–Kier alpha value is -0.960. The zero-order valence-corrected chi connectivity index (χ0v) is 11.1. The summed E-state index contributed by atoms with van der Waals surface area (Å²) in [5.41, 5.74) is 2.02. The first-order valence-corrected chi connectivity index (χ1v) is 6.45. The van der Waals surface area contributed by atoms with Crippen LogP contribution in [0.5, 0.6) is 0 Å². The van der Waals surface area contributed by atoms with Gasteiger partial charge in [0.05, 0.1) is 0 Å². The fourth-order valence-electron chi connectivity index (χ4n) is 1.36. The molecule has 2 nitrogen and oxygen atoms in total. The number of carbonyl (C=O) groups excluding carboxylic acids is 1. The summed E-state index contributed by atoms with van der Waals surface area (Å²) in [6.07, 6.45) is 1.16. The van der Waals surface area contributed by atoms with Crippen LogP contribution in [-0.4, -0.2) is 11.2 Å². The maximum Gasteiger partial charge on any atom is 0.221 e. The summed E-state index contributed by atoms with van der Waals surface area (Å²) in [7, 11) is 0. The van der Waals surface area contributed by atoms with Crippen LogP contribution in [0.4, 0.5) is 5.69 Å². The lowest BCUT2D eigenvalue weighted by Crippen LogP contribution is -2.07. The van der Waals surface area contributed by atoms with Gasteiger partial charge < -0.3 is 5.32 Å². The van der Waals surface area contributed by atoms with Crippen molar-refractivity contribution in [3.63, 3.8) is 0 Å². The highest BCUT2D eigenvalue weighted by atomic mass is 32.2. The third kappa shape index (κ3) is 3.89. The van der Waals surface area contributed by atoms with E-state index in [1.54, 1.807) is 0 Å². The van der Waals surface area contributed by atoms with E-state index in [1.165, 1.54) is 11.8 Å². The average molecular weight is 237 g/mol. The van der Waals surface area contributed by atoms with Crippen LogP contribution in [-0.2, 0) is 4.79 Å². The minimum Gasteiger partial charge on any atom is -0.326 e. The molecule has 3 heteroatoms. The van der Waals surface area contributed by atoms with Crippen molar-refractivity contribution >= 4 is 23.4 Å². The van der Waals surface area contributed by atoms with Gasteiger partial charge in [0, 0.05) is 22.8 Å². The highest BCUT2D eigenvalue weighted by molar-refractivity contribution is 7.99. The zero-order chi connectivity index (χ0) is 12.1. The predicted molar refractivity (Wildman–Crippen MR) is 71.1 cm³/mol. The van der Waals surface area contributed by atoms with Crippen molar-refractivity contribution in [2.24, 2.45) is 0 Å². The lowest BCUT2D eigenvalue weighted by atomic mass is 10.2. The topological polar surface area (TPSA) is 29.1 Å². The number of hydrogen-bond acceptors (Lipinski definition) is 2. The molecule has 1 amide bonds. The number of benzene rings is 1. The second-order valence-electron chi connectivity index (χ2n) is 3.99. The van der Waals surface area contributed by atoms with E-state index in [2.05, 4.69) is 31.3 Å². The molecule has 1 N–H and O–H groups in total. The van der Waals surface area contributed by atoms with E-state index in [1.807, 2.05) is 24.8 Å². The predicted octanol–water partition coefficient (Wildman–Crippen LogP) is 3.84. The molecule has 88 valence electrons. The third-order valence-electron chi connectivity index (χ3n) is 2.42. The molecule has 0 aromatic heterocycles. The monoisotopic (exact) mass is 237 g/mol. The van der Waals surface area contributed by atoms with Crippen molar-refractivity contribution in [1.82, 2.24) is 0 Å². The van der Waals surface area contributed by atoms with Crippen molar-refractivity contribution in [1.29, 1.82) is 0 Å². The van der Waals surface area contributed by atoms with Gasteiger partial charge in [-0.15, -0.1) is 11.8 Å².